The minimum absolute atomic E-state index is 0.469. The van der Waals surface area contributed by atoms with Crippen LogP contribution in [0.25, 0.3) is 88.7 Å². The quantitative estimate of drug-likeness (QED) is 0.136. The Labute approximate surface area is 437 Å². The molecule has 1 heterocycles. The lowest BCUT2D eigenvalue weighted by Crippen LogP contribution is -2.28. The molecule has 2 nitrogen and oxygen atoms in total. The van der Waals surface area contributed by atoms with Crippen molar-refractivity contribution in [3.05, 3.63) is 320 Å². The molecule has 0 amide bonds. The summed E-state index contributed by atoms with van der Waals surface area (Å²) in [5, 5.41) is 2.26. The van der Waals surface area contributed by atoms with Crippen LogP contribution in [-0.4, -0.2) is 0 Å². The van der Waals surface area contributed by atoms with Crippen LogP contribution in [0.4, 0.5) is 17.1 Å². The molecule has 1 aliphatic carbocycles. The van der Waals surface area contributed by atoms with Crippen molar-refractivity contribution in [3.8, 4) is 66.8 Å². The molecular weight excluding hydrogens is 907 g/mol. The Morgan fingerprint density at radius 1 is 0.253 bits per heavy atom. The Kier molecular flexibility index (Phi) is 10.8. The number of fused-ring (bicyclic) bond motifs is 6. The third-order valence-electron chi connectivity index (χ3n) is 15.4. The number of hydrogen-bond donors (Lipinski definition) is 0. The zero-order valence-electron chi connectivity index (χ0n) is 41.1. The molecule has 0 aliphatic heterocycles. The Bertz CT molecular complexity index is 4140. The average Bonchev–Trinajstić information content (AvgIpc) is 4.03. The molecule has 13 aromatic rings. The van der Waals surface area contributed by atoms with Gasteiger partial charge in [0.1, 0.15) is 11.2 Å². The topological polar surface area (TPSA) is 16.4 Å². The fourth-order valence-electron chi connectivity index (χ4n) is 11.9. The van der Waals surface area contributed by atoms with Crippen LogP contribution in [0.1, 0.15) is 22.3 Å². The largest absolute Gasteiger partial charge is 0.456 e. The van der Waals surface area contributed by atoms with Gasteiger partial charge in [-0.3, -0.25) is 0 Å². The lowest BCUT2D eigenvalue weighted by molar-refractivity contribution is 0.669. The number of benzene rings is 12. The second-order valence-corrected chi connectivity index (χ2v) is 19.5. The highest BCUT2D eigenvalue weighted by Gasteiger charge is 2.46. The Morgan fingerprint density at radius 3 is 1.35 bits per heavy atom. The van der Waals surface area contributed by atoms with E-state index in [1.807, 2.05) is 12.1 Å². The van der Waals surface area contributed by atoms with Crippen molar-refractivity contribution in [2.45, 2.75) is 5.41 Å². The molecule has 2 heteroatoms. The molecule has 1 aromatic heterocycles. The Balaban J connectivity index is 0.875. The highest BCUT2D eigenvalue weighted by Crippen LogP contribution is 2.58. The van der Waals surface area contributed by atoms with E-state index in [9.17, 15) is 0 Å². The summed E-state index contributed by atoms with van der Waals surface area (Å²) in [4.78, 5) is 2.37. The second kappa shape index (κ2) is 18.4. The smallest absolute Gasteiger partial charge is 0.136 e. The maximum absolute atomic E-state index is 6.32. The molecular formula is C73H49NO. The summed E-state index contributed by atoms with van der Waals surface area (Å²) in [5.74, 6) is 0. The van der Waals surface area contributed by atoms with Crippen LogP contribution >= 0.6 is 0 Å². The van der Waals surface area contributed by atoms with Gasteiger partial charge in [0.25, 0.3) is 0 Å². The van der Waals surface area contributed by atoms with E-state index in [-0.39, 0.29) is 0 Å². The number of hydrogen-bond acceptors (Lipinski definition) is 2. The van der Waals surface area contributed by atoms with E-state index in [1.54, 1.807) is 0 Å². The van der Waals surface area contributed by atoms with E-state index in [0.717, 1.165) is 55.7 Å². The van der Waals surface area contributed by atoms with E-state index in [4.69, 9.17) is 4.42 Å². The monoisotopic (exact) mass is 955 g/mol. The number of anilines is 3. The molecule has 0 spiro atoms. The van der Waals surface area contributed by atoms with Crippen molar-refractivity contribution < 1.29 is 4.42 Å². The van der Waals surface area contributed by atoms with Crippen LogP contribution in [0.15, 0.2) is 302 Å². The van der Waals surface area contributed by atoms with E-state index >= 15 is 0 Å². The van der Waals surface area contributed by atoms with Crippen molar-refractivity contribution in [3.63, 3.8) is 0 Å². The minimum Gasteiger partial charge on any atom is -0.456 e. The fraction of sp³-hybridized carbons (Fsp3) is 0.0137. The molecule has 352 valence electrons. The molecule has 0 radical (unpaired) electrons. The summed E-state index contributed by atoms with van der Waals surface area (Å²) in [7, 11) is 0. The summed E-state index contributed by atoms with van der Waals surface area (Å²) < 4.78 is 6.32. The first-order chi connectivity index (χ1) is 37.2. The van der Waals surface area contributed by atoms with Gasteiger partial charge in [-0.1, -0.05) is 237 Å². The third kappa shape index (κ3) is 7.49. The molecule has 0 fully saturated rings. The molecule has 0 N–H and O–H groups in total. The van der Waals surface area contributed by atoms with Gasteiger partial charge in [-0.25, -0.2) is 0 Å². The van der Waals surface area contributed by atoms with E-state index in [0.29, 0.717) is 0 Å². The van der Waals surface area contributed by atoms with Gasteiger partial charge in [-0.05, 0) is 150 Å². The van der Waals surface area contributed by atoms with Crippen molar-refractivity contribution in [2.24, 2.45) is 0 Å². The van der Waals surface area contributed by atoms with Crippen LogP contribution in [0.2, 0.25) is 0 Å². The maximum Gasteiger partial charge on any atom is 0.136 e. The van der Waals surface area contributed by atoms with E-state index in [2.05, 4.69) is 290 Å². The predicted octanol–water partition coefficient (Wildman–Crippen LogP) is 19.8. The molecule has 0 saturated carbocycles. The molecule has 75 heavy (non-hydrogen) atoms. The number of para-hydroxylation sites is 1. The van der Waals surface area contributed by atoms with Gasteiger partial charge in [0, 0.05) is 27.8 Å². The molecule has 0 atom stereocenters. The molecule has 0 saturated heterocycles. The van der Waals surface area contributed by atoms with Crippen LogP contribution in [0.3, 0.4) is 0 Å². The Hall–Kier alpha value is -9.76. The number of nitrogens with zero attached hydrogens (tertiary/aromatic N) is 1. The fourth-order valence-corrected chi connectivity index (χ4v) is 11.9. The van der Waals surface area contributed by atoms with Gasteiger partial charge in [0.05, 0.1) is 5.41 Å². The highest BCUT2D eigenvalue weighted by atomic mass is 16.3. The lowest BCUT2D eigenvalue weighted by Gasteiger charge is -2.34. The summed E-state index contributed by atoms with van der Waals surface area (Å²) >= 11 is 0. The van der Waals surface area contributed by atoms with Crippen molar-refractivity contribution in [1.82, 2.24) is 0 Å². The highest BCUT2D eigenvalue weighted by molar-refractivity contribution is 6.06. The van der Waals surface area contributed by atoms with Crippen LogP contribution in [0, 0.1) is 0 Å². The van der Waals surface area contributed by atoms with Gasteiger partial charge < -0.3 is 9.32 Å². The first kappa shape index (κ1) is 44.0. The Morgan fingerprint density at radius 2 is 0.693 bits per heavy atom. The van der Waals surface area contributed by atoms with Crippen molar-refractivity contribution in [2.75, 3.05) is 4.90 Å². The molecule has 0 unspecified atom stereocenters. The average molecular weight is 956 g/mol. The minimum atomic E-state index is -0.469. The van der Waals surface area contributed by atoms with Gasteiger partial charge >= 0.3 is 0 Å². The van der Waals surface area contributed by atoms with E-state index < -0.39 is 5.41 Å². The number of furan rings is 1. The third-order valence-corrected chi connectivity index (χ3v) is 15.4. The van der Waals surface area contributed by atoms with Gasteiger partial charge in [-0.15, -0.1) is 0 Å². The lowest BCUT2D eigenvalue weighted by atomic mass is 9.67. The van der Waals surface area contributed by atoms with Gasteiger partial charge in [0.2, 0.25) is 0 Å². The predicted molar refractivity (Wildman–Crippen MR) is 313 cm³/mol. The normalized spacial score (nSPS) is 12.4. The molecule has 12 aromatic carbocycles. The standard InChI is InChI=1S/C73H49NO/c1-5-18-50(19-6-1)55-38-46-62(67(48-55)52-20-7-2-8-21-52)53-34-42-60(43-35-53)74(59-40-32-51(33-41-59)56-39-47-65-64-26-14-16-31-70(64)75-71(65)49-56)61-44-36-54(37-45-61)63-28-17-30-69-72(63)66-27-13-15-29-68(66)73(69,57-22-9-3-10-23-57)58-24-11-4-12-25-58/h1-49H. The molecule has 1 aliphatic rings. The van der Waals surface area contributed by atoms with Crippen LogP contribution in [0.5, 0.6) is 0 Å². The summed E-state index contributed by atoms with van der Waals surface area (Å²) in [6.07, 6.45) is 0. The summed E-state index contributed by atoms with van der Waals surface area (Å²) in [6, 6.07) is 108. The molecule has 0 bridgehead atoms. The van der Waals surface area contributed by atoms with Crippen molar-refractivity contribution >= 4 is 39.0 Å². The summed E-state index contributed by atoms with van der Waals surface area (Å²) in [5.41, 5.74) is 24.0. The van der Waals surface area contributed by atoms with Crippen LogP contribution < -0.4 is 4.90 Å². The van der Waals surface area contributed by atoms with Gasteiger partial charge in [-0.2, -0.15) is 0 Å². The first-order valence-corrected chi connectivity index (χ1v) is 25.8. The number of rotatable bonds is 10. The maximum atomic E-state index is 6.32. The molecule has 14 rings (SSSR count). The first-order valence-electron chi connectivity index (χ1n) is 25.8. The second-order valence-electron chi connectivity index (χ2n) is 19.5. The zero-order chi connectivity index (χ0) is 49.7. The summed E-state index contributed by atoms with van der Waals surface area (Å²) in [6.45, 7) is 0. The SMILES string of the molecule is c1ccc(-c2ccc(-c3ccc(N(c4ccc(-c5ccc6c(c5)oc5ccccc56)cc4)c4ccc(-c5cccc6c5-c5ccccc5C6(c5ccccc5)c5ccccc5)cc4)cc3)c(-c3ccccc3)c2)cc1. The van der Waals surface area contributed by atoms with Crippen molar-refractivity contribution in [1.29, 1.82) is 0 Å². The van der Waals surface area contributed by atoms with Crippen LogP contribution in [-0.2, 0) is 5.41 Å². The van der Waals surface area contributed by atoms with E-state index in [1.165, 1.54) is 72.3 Å². The zero-order valence-corrected chi connectivity index (χ0v) is 41.1. The van der Waals surface area contributed by atoms with Gasteiger partial charge in [0.15, 0.2) is 0 Å².